The van der Waals surface area contributed by atoms with Crippen LogP contribution in [-0.4, -0.2) is 12.6 Å². The number of hydrogen-bond donors (Lipinski definition) is 1. The van der Waals surface area contributed by atoms with Crippen LogP contribution in [0.5, 0.6) is 0 Å². The molecule has 3 unspecified atom stereocenters. The molecule has 1 N–H and O–H groups in total. The van der Waals surface area contributed by atoms with Gasteiger partial charge in [-0.1, -0.05) is 44.7 Å². The van der Waals surface area contributed by atoms with Crippen molar-refractivity contribution < 1.29 is 0 Å². The molecule has 1 saturated carbocycles. The predicted molar refractivity (Wildman–Crippen MR) is 86.2 cm³/mol. The van der Waals surface area contributed by atoms with Crippen molar-refractivity contribution in [1.82, 2.24) is 5.32 Å². The van der Waals surface area contributed by atoms with Crippen molar-refractivity contribution in [1.29, 1.82) is 0 Å². The summed E-state index contributed by atoms with van der Waals surface area (Å²) in [7, 11) is 0. The summed E-state index contributed by atoms with van der Waals surface area (Å²) in [6, 6.07) is 4.85. The molecule has 108 valence electrons. The summed E-state index contributed by atoms with van der Waals surface area (Å²) >= 11 is 7.79. The van der Waals surface area contributed by atoms with Gasteiger partial charge >= 0.3 is 0 Å². The molecule has 2 rings (SSSR count). The van der Waals surface area contributed by atoms with Gasteiger partial charge in [0.2, 0.25) is 0 Å². The normalized spacial score (nSPS) is 25.4. The highest BCUT2D eigenvalue weighted by atomic mass is 35.5. The van der Waals surface area contributed by atoms with Gasteiger partial charge in [-0.2, -0.15) is 0 Å². The van der Waals surface area contributed by atoms with Crippen LogP contribution in [0, 0.1) is 11.8 Å². The number of hydrogen-bond acceptors (Lipinski definition) is 2. The number of rotatable bonds is 6. The number of nitrogens with one attached hydrogen (secondary N) is 1. The first-order chi connectivity index (χ1) is 9.22. The van der Waals surface area contributed by atoms with E-state index >= 15 is 0 Å². The Bertz CT molecular complexity index is 377. The van der Waals surface area contributed by atoms with E-state index in [-0.39, 0.29) is 0 Å². The van der Waals surface area contributed by atoms with Gasteiger partial charge < -0.3 is 5.32 Å². The minimum absolute atomic E-state index is 0.633. The van der Waals surface area contributed by atoms with Crippen LogP contribution in [0.3, 0.4) is 0 Å². The fraction of sp³-hybridized carbons (Fsp3) is 0.750. The molecule has 0 spiro atoms. The van der Waals surface area contributed by atoms with Crippen molar-refractivity contribution in [3.8, 4) is 0 Å². The van der Waals surface area contributed by atoms with Gasteiger partial charge in [0.25, 0.3) is 0 Å². The Morgan fingerprint density at radius 1 is 1.37 bits per heavy atom. The third-order valence-corrected chi connectivity index (χ3v) is 5.74. The predicted octanol–water partition coefficient (Wildman–Crippen LogP) is 5.14. The SMILES string of the molecule is CCNC(Cc1ccc(Cl)s1)C1CCCC(CC)C1. The zero-order chi connectivity index (χ0) is 13.7. The summed E-state index contributed by atoms with van der Waals surface area (Å²) in [5, 5.41) is 3.72. The van der Waals surface area contributed by atoms with E-state index in [0.717, 1.165) is 29.1 Å². The molecule has 1 fully saturated rings. The molecule has 0 aromatic carbocycles. The molecule has 1 aliphatic rings. The second-order valence-electron chi connectivity index (χ2n) is 5.78. The molecule has 1 aliphatic carbocycles. The van der Waals surface area contributed by atoms with E-state index in [1.807, 2.05) is 6.07 Å². The summed E-state index contributed by atoms with van der Waals surface area (Å²) in [5.41, 5.74) is 0. The Kier molecular flexibility index (Phi) is 6.18. The quantitative estimate of drug-likeness (QED) is 0.767. The van der Waals surface area contributed by atoms with E-state index in [4.69, 9.17) is 11.6 Å². The Labute approximate surface area is 126 Å². The zero-order valence-electron chi connectivity index (χ0n) is 12.1. The van der Waals surface area contributed by atoms with Crippen molar-refractivity contribution in [3.63, 3.8) is 0 Å². The maximum atomic E-state index is 6.05. The lowest BCUT2D eigenvalue weighted by atomic mass is 9.76. The van der Waals surface area contributed by atoms with Gasteiger partial charge in [-0.25, -0.2) is 0 Å². The molecule has 1 nitrogen and oxygen atoms in total. The summed E-state index contributed by atoms with van der Waals surface area (Å²) in [4.78, 5) is 1.43. The molecule has 19 heavy (non-hydrogen) atoms. The van der Waals surface area contributed by atoms with E-state index in [1.165, 1.54) is 37.0 Å². The fourth-order valence-electron chi connectivity index (χ4n) is 3.41. The summed E-state index contributed by atoms with van der Waals surface area (Å²) < 4.78 is 0.917. The second-order valence-corrected chi connectivity index (χ2v) is 7.57. The van der Waals surface area contributed by atoms with Gasteiger partial charge in [0.05, 0.1) is 4.34 Å². The van der Waals surface area contributed by atoms with E-state index < -0.39 is 0 Å². The van der Waals surface area contributed by atoms with Crippen LogP contribution in [-0.2, 0) is 6.42 Å². The fourth-order valence-corrected chi connectivity index (χ4v) is 4.56. The van der Waals surface area contributed by atoms with Crippen LogP contribution >= 0.6 is 22.9 Å². The molecule has 0 bridgehead atoms. The minimum Gasteiger partial charge on any atom is -0.314 e. The summed E-state index contributed by atoms with van der Waals surface area (Å²) in [6.45, 7) is 5.62. The zero-order valence-corrected chi connectivity index (χ0v) is 13.7. The van der Waals surface area contributed by atoms with E-state index in [1.54, 1.807) is 11.3 Å². The molecule has 1 aromatic rings. The number of likely N-dealkylation sites (N-methyl/N-ethyl adjacent to an activating group) is 1. The van der Waals surface area contributed by atoms with Crippen LogP contribution in [0.4, 0.5) is 0 Å². The standard InChI is InChI=1S/C16H26ClNS/c1-3-12-6-5-7-13(10-12)15(18-4-2)11-14-8-9-16(17)19-14/h8-9,12-13,15,18H,3-7,10-11H2,1-2H3. The molecule has 3 atom stereocenters. The second kappa shape index (κ2) is 7.66. The first-order valence-corrected chi connectivity index (χ1v) is 8.90. The van der Waals surface area contributed by atoms with Crippen LogP contribution in [0.25, 0.3) is 0 Å². The van der Waals surface area contributed by atoms with Crippen LogP contribution in [0.2, 0.25) is 4.34 Å². The van der Waals surface area contributed by atoms with Crippen LogP contribution < -0.4 is 5.32 Å². The van der Waals surface area contributed by atoms with E-state index in [9.17, 15) is 0 Å². The molecule has 1 heterocycles. The summed E-state index contributed by atoms with van der Waals surface area (Å²) in [6.07, 6.45) is 8.15. The van der Waals surface area contributed by atoms with Gasteiger partial charge in [-0.15, -0.1) is 11.3 Å². The molecule has 0 radical (unpaired) electrons. The van der Waals surface area contributed by atoms with Gasteiger partial charge in [-0.3, -0.25) is 0 Å². The number of thiophene rings is 1. The third kappa shape index (κ3) is 4.47. The van der Waals surface area contributed by atoms with Gasteiger partial charge in [0.15, 0.2) is 0 Å². The molecule has 1 aromatic heterocycles. The van der Waals surface area contributed by atoms with Crippen LogP contribution in [0.15, 0.2) is 12.1 Å². The summed E-state index contributed by atoms with van der Waals surface area (Å²) in [5.74, 6) is 1.80. The van der Waals surface area contributed by atoms with Crippen molar-refractivity contribution in [3.05, 3.63) is 21.3 Å². The van der Waals surface area contributed by atoms with E-state index in [0.29, 0.717) is 6.04 Å². The highest BCUT2D eigenvalue weighted by Crippen LogP contribution is 2.34. The highest BCUT2D eigenvalue weighted by Gasteiger charge is 2.27. The maximum absolute atomic E-state index is 6.05. The van der Waals surface area contributed by atoms with Crippen molar-refractivity contribution in [2.24, 2.45) is 11.8 Å². The Morgan fingerprint density at radius 3 is 2.84 bits per heavy atom. The van der Waals surface area contributed by atoms with Crippen molar-refractivity contribution in [2.75, 3.05) is 6.54 Å². The average Bonchev–Trinajstić information content (AvgIpc) is 2.84. The molecule has 0 saturated heterocycles. The van der Waals surface area contributed by atoms with Gasteiger partial charge in [0, 0.05) is 10.9 Å². The lowest BCUT2D eigenvalue weighted by Crippen LogP contribution is -2.40. The van der Waals surface area contributed by atoms with Crippen LogP contribution in [0.1, 0.15) is 50.8 Å². The molecule has 0 aliphatic heterocycles. The third-order valence-electron chi connectivity index (χ3n) is 4.49. The molecular weight excluding hydrogens is 274 g/mol. The molecular formula is C16H26ClNS. The first kappa shape index (κ1) is 15.3. The topological polar surface area (TPSA) is 12.0 Å². The lowest BCUT2D eigenvalue weighted by molar-refractivity contribution is 0.209. The monoisotopic (exact) mass is 299 g/mol. The molecule has 3 heteroatoms. The largest absolute Gasteiger partial charge is 0.314 e. The van der Waals surface area contributed by atoms with Gasteiger partial charge in [0.1, 0.15) is 0 Å². The Morgan fingerprint density at radius 2 is 2.21 bits per heavy atom. The Balaban J connectivity index is 1.98. The van der Waals surface area contributed by atoms with E-state index in [2.05, 4.69) is 25.2 Å². The smallest absolute Gasteiger partial charge is 0.0931 e. The van der Waals surface area contributed by atoms with Gasteiger partial charge in [-0.05, 0) is 49.8 Å². The van der Waals surface area contributed by atoms with Crippen molar-refractivity contribution >= 4 is 22.9 Å². The Hall–Kier alpha value is -0.0500. The van der Waals surface area contributed by atoms with Crippen molar-refractivity contribution in [2.45, 2.75) is 58.4 Å². The number of halogens is 1. The first-order valence-electron chi connectivity index (χ1n) is 7.70. The lowest BCUT2D eigenvalue weighted by Gasteiger charge is -2.34. The maximum Gasteiger partial charge on any atom is 0.0931 e. The minimum atomic E-state index is 0.633. The highest BCUT2D eigenvalue weighted by molar-refractivity contribution is 7.16. The average molecular weight is 300 g/mol. The molecule has 0 amide bonds.